The molecule has 1 atom stereocenters. The molecule has 1 saturated carbocycles. The van der Waals surface area contributed by atoms with Crippen LogP contribution in [-0.4, -0.2) is 12.9 Å². The number of ketones is 1. The molecule has 2 heteroatoms. The van der Waals surface area contributed by atoms with E-state index in [1.54, 1.807) is 7.11 Å². The van der Waals surface area contributed by atoms with E-state index in [0.29, 0.717) is 18.1 Å². The number of hydrogen-bond donors (Lipinski definition) is 0. The van der Waals surface area contributed by atoms with Crippen LogP contribution in [0.5, 0.6) is 0 Å². The van der Waals surface area contributed by atoms with Gasteiger partial charge in [0.1, 0.15) is 0 Å². The van der Waals surface area contributed by atoms with Crippen molar-refractivity contribution in [1.29, 1.82) is 0 Å². The highest BCUT2D eigenvalue weighted by Gasteiger charge is 2.30. The normalized spacial score (nSPS) is 28.7. The quantitative estimate of drug-likeness (QED) is 0.619. The predicted molar refractivity (Wildman–Crippen MR) is 50.2 cm³/mol. The Balaban J connectivity index is 2.30. The van der Waals surface area contributed by atoms with Crippen LogP contribution in [0, 0.1) is 5.92 Å². The molecule has 0 heterocycles. The second-order valence-corrected chi connectivity index (χ2v) is 3.96. The molecule has 13 heavy (non-hydrogen) atoms. The third kappa shape index (κ3) is 1.50. The summed E-state index contributed by atoms with van der Waals surface area (Å²) in [6, 6.07) is 0. The zero-order chi connectivity index (χ0) is 9.26. The summed E-state index contributed by atoms with van der Waals surface area (Å²) in [7, 11) is 1.62. The van der Waals surface area contributed by atoms with E-state index in [2.05, 4.69) is 0 Å². The van der Waals surface area contributed by atoms with Crippen LogP contribution >= 0.6 is 0 Å². The molecule has 0 saturated heterocycles. The Kier molecular flexibility index (Phi) is 2.38. The number of hydrogen-bond acceptors (Lipinski definition) is 2. The molecule has 0 aliphatic heterocycles. The zero-order valence-corrected chi connectivity index (χ0v) is 8.14. The highest BCUT2D eigenvalue weighted by atomic mass is 16.5. The van der Waals surface area contributed by atoms with Crippen LogP contribution in [-0.2, 0) is 9.53 Å². The number of carbonyl (C=O) groups excluding carboxylic acids is 1. The Labute approximate surface area is 79.0 Å². The fourth-order valence-corrected chi connectivity index (χ4v) is 2.54. The number of fused-ring (bicyclic) bond motifs is 1. The van der Waals surface area contributed by atoms with E-state index in [1.807, 2.05) is 0 Å². The molecule has 0 aromatic carbocycles. The minimum absolute atomic E-state index is 0.218. The fourth-order valence-electron chi connectivity index (χ4n) is 2.54. The maximum absolute atomic E-state index is 11.5. The second-order valence-electron chi connectivity index (χ2n) is 3.96. The molecule has 1 fully saturated rings. The molecular weight excluding hydrogens is 164 g/mol. The van der Waals surface area contributed by atoms with Crippen LogP contribution in [0.3, 0.4) is 0 Å². The first-order chi connectivity index (χ1) is 6.33. The van der Waals surface area contributed by atoms with Gasteiger partial charge >= 0.3 is 0 Å². The van der Waals surface area contributed by atoms with E-state index in [9.17, 15) is 4.79 Å². The number of methoxy groups -OCH3 is 1. The first kappa shape index (κ1) is 8.79. The van der Waals surface area contributed by atoms with Gasteiger partial charge in [-0.1, -0.05) is 6.42 Å². The van der Waals surface area contributed by atoms with E-state index >= 15 is 0 Å². The van der Waals surface area contributed by atoms with Gasteiger partial charge in [0.2, 0.25) is 0 Å². The summed E-state index contributed by atoms with van der Waals surface area (Å²) in [6.07, 6.45) is 6.64. The summed E-state index contributed by atoms with van der Waals surface area (Å²) in [4.78, 5) is 11.5. The van der Waals surface area contributed by atoms with Crippen molar-refractivity contribution in [2.24, 2.45) is 5.92 Å². The first-order valence-corrected chi connectivity index (χ1v) is 5.13. The number of carbonyl (C=O) groups is 1. The smallest absolute Gasteiger partial charge is 0.197 e. The highest BCUT2D eigenvalue weighted by Crippen LogP contribution is 2.38. The van der Waals surface area contributed by atoms with Gasteiger partial charge in [-0.3, -0.25) is 4.79 Å². The number of ether oxygens (including phenoxy) is 1. The molecular formula is C11H16O2. The van der Waals surface area contributed by atoms with Crippen molar-refractivity contribution in [2.75, 3.05) is 7.11 Å². The standard InChI is InChI=1S/C11H16O2/c1-13-11-9-5-3-2-4-8(9)6-7-10(11)12/h8H,2-7H2,1H3/t8-/m0/s1. The Morgan fingerprint density at radius 2 is 2.08 bits per heavy atom. The van der Waals surface area contributed by atoms with Gasteiger partial charge in [-0.2, -0.15) is 0 Å². The summed E-state index contributed by atoms with van der Waals surface area (Å²) in [5.41, 5.74) is 1.31. The zero-order valence-electron chi connectivity index (χ0n) is 8.14. The number of allylic oxidation sites excluding steroid dienone is 2. The third-order valence-corrected chi connectivity index (χ3v) is 3.21. The van der Waals surface area contributed by atoms with E-state index in [0.717, 1.165) is 12.8 Å². The van der Waals surface area contributed by atoms with Gasteiger partial charge in [0.25, 0.3) is 0 Å². The Morgan fingerprint density at radius 3 is 2.85 bits per heavy atom. The van der Waals surface area contributed by atoms with E-state index in [-0.39, 0.29) is 5.78 Å². The first-order valence-electron chi connectivity index (χ1n) is 5.13. The molecule has 0 aromatic heterocycles. The van der Waals surface area contributed by atoms with Gasteiger partial charge in [-0.25, -0.2) is 0 Å². The van der Waals surface area contributed by atoms with Crippen LogP contribution in [0.1, 0.15) is 38.5 Å². The van der Waals surface area contributed by atoms with Gasteiger partial charge in [0.05, 0.1) is 7.11 Å². The SMILES string of the molecule is COC1=C2CCCC[C@H]2CCC1=O. The minimum atomic E-state index is 0.218. The number of Topliss-reactive ketones (excluding diaryl/α,β-unsaturated/α-hetero) is 1. The van der Waals surface area contributed by atoms with Crippen molar-refractivity contribution in [3.05, 3.63) is 11.3 Å². The van der Waals surface area contributed by atoms with E-state index < -0.39 is 0 Å². The minimum Gasteiger partial charge on any atom is -0.493 e. The van der Waals surface area contributed by atoms with Gasteiger partial charge in [0.15, 0.2) is 11.5 Å². The topological polar surface area (TPSA) is 26.3 Å². The lowest BCUT2D eigenvalue weighted by Crippen LogP contribution is -2.23. The van der Waals surface area contributed by atoms with Gasteiger partial charge in [-0.15, -0.1) is 0 Å². The lowest BCUT2D eigenvalue weighted by molar-refractivity contribution is -0.119. The molecule has 2 aliphatic carbocycles. The lowest BCUT2D eigenvalue weighted by atomic mass is 9.76. The van der Waals surface area contributed by atoms with Crippen LogP contribution in [0.2, 0.25) is 0 Å². The molecule has 0 unspecified atom stereocenters. The molecule has 2 nitrogen and oxygen atoms in total. The molecule has 0 aromatic rings. The van der Waals surface area contributed by atoms with Crippen LogP contribution in [0.15, 0.2) is 11.3 Å². The average Bonchev–Trinajstić information content (AvgIpc) is 2.18. The highest BCUT2D eigenvalue weighted by molar-refractivity contribution is 5.95. The average molecular weight is 180 g/mol. The van der Waals surface area contributed by atoms with Crippen molar-refractivity contribution >= 4 is 5.78 Å². The maximum Gasteiger partial charge on any atom is 0.197 e. The summed E-state index contributed by atoms with van der Waals surface area (Å²) in [6.45, 7) is 0. The monoisotopic (exact) mass is 180 g/mol. The third-order valence-electron chi connectivity index (χ3n) is 3.21. The van der Waals surface area contributed by atoms with Crippen molar-refractivity contribution in [1.82, 2.24) is 0 Å². The van der Waals surface area contributed by atoms with Crippen molar-refractivity contribution in [3.63, 3.8) is 0 Å². The Bertz CT molecular complexity index is 253. The molecule has 0 radical (unpaired) electrons. The molecule has 2 aliphatic rings. The predicted octanol–water partition coefficient (Wildman–Crippen LogP) is 2.44. The molecule has 0 N–H and O–H groups in total. The summed E-state index contributed by atoms with van der Waals surface area (Å²) in [5.74, 6) is 1.56. The van der Waals surface area contributed by atoms with Crippen molar-refractivity contribution < 1.29 is 9.53 Å². The molecule has 0 spiro atoms. The summed E-state index contributed by atoms with van der Waals surface area (Å²) < 4.78 is 5.20. The van der Waals surface area contributed by atoms with E-state index in [4.69, 9.17) is 4.74 Å². The molecule has 2 rings (SSSR count). The Morgan fingerprint density at radius 1 is 1.23 bits per heavy atom. The van der Waals surface area contributed by atoms with Gasteiger partial charge in [-0.05, 0) is 37.2 Å². The second kappa shape index (κ2) is 3.52. The maximum atomic E-state index is 11.5. The van der Waals surface area contributed by atoms with Gasteiger partial charge < -0.3 is 4.74 Å². The number of rotatable bonds is 1. The largest absolute Gasteiger partial charge is 0.493 e. The molecule has 0 bridgehead atoms. The van der Waals surface area contributed by atoms with Crippen LogP contribution in [0.4, 0.5) is 0 Å². The summed E-state index contributed by atoms with van der Waals surface area (Å²) in [5, 5.41) is 0. The van der Waals surface area contributed by atoms with Crippen molar-refractivity contribution in [2.45, 2.75) is 38.5 Å². The molecule has 72 valence electrons. The van der Waals surface area contributed by atoms with Crippen LogP contribution in [0.25, 0.3) is 0 Å². The summed E-state index contributed by atoms with van der Waals surface area (Å²) >= 11 is 0. The van der Waals surface area contributed by atoms with E-state index in [1.165, 1.54) is 24.8 Å². The molecule has 0 amide bonds. The fraction of sp³-hybridized carbons (Fsp3) is 0.727. The lowest BCUT2D eigenvalue weighted by Gasteiger charge is -2.30. The van der Waals surface area contributed by atoms with Crippen molar-refractivity contribution in [3.8, 4) is 0 Å². The van der Waals surface area contributed by atoms with Gasteiger partial charge in [0, 0.05) is 6.42 Å². The van der Waals surface area contributed by atoms with Crippen LogP contribution < -0.4 is 0 Å². The Hall–Kier alpha value is -0.790.